The highest BCUT2D eigenvalue weighted by Gasteiger charge is 2.36. The second-order valence-corrected chi connectivity index (χ2v) is 9.53. The Balaban J connectivity index is 1.37. The van der Waals surface area contributed by atoms with Gasteiger partial charge in [-0.1, -0.05) is 29.8 Å². The molecule has 41 heavy (non-hydrogen) atoms. The molecular weight excluding hydrogens is 561 g/mol. The van der Waals surface area contributed by atoms with E-state index in [4.69, 9.17) is 11.6 Å². The van der Waals surface area contributed by atoms with E-state index in [9.17, 15) is 27.6 Å². The van der Waals surface area contributed by atoms with Gasteiger partial charge in [0.2, 0.25) is 11.9 Å². The zero-order valence-corrected chi connectivity index (χ0v) is 21.8. The minimum Gasteiger partial charge on any atom is -0.323 e. The van der Waals surface area contributed by atoms with Gasteiger partial charge < -0.3 is 10.2 Å². The third-order valence-corrected chi connectivity index (χ3v) is 6.55. The summed E-state index contributed by atoms with van der Waals surface area (Å²) in [6, 6.07) is 15.2. The van der Waals surface area contributed by atoms with Crippen LogP contribution in [-0.4, -0.2) is 43.6 Å². The summed E-state index contributed by atoms with van der Waals surface area (Å²) in [5.74, 6) is -1.72. The summed E-state index contributed by atoms with van der Waals surface area (Å²) in [5.41, 5.74) is 0.965. The molecule has 0 bridgehead atoms. The molecule has 0 fully saturated rings. The Hall–Kier alpha value is -4.84. The second kappa shape index (κ2) is 11.3. The summed E-state index contributed by atoms with van der Waals surface area (Å²) in [7, 11) is 0. The Morgan fingerprint density at radius 3 is 2.39 bits per heavy atom. The first-order chi connectivity index (χ1) is 19.6. The van der Waals surface area contributed by atoms with Crippen LogP contribution in [0.25, 0.3) is 0 Å². The number of nitrogens with one attached hydrogen (secondary N) is 2. The number of halogens is 4. The molecule has 1 atom stereocenters. The molecule has 5 rings (SSSR count). The molecule has 208 valence electrons. The Kier molecular flexibility index (Phi) is 7.66. The number of hydrogen-bond acceptors (Lipinski definition) is 6. The number of amides is 3. The maximum atomic E-state index is 13.7. The Bertz CT molecular complexity index is 1600. The average Bonchev–Trinajstić information content (AvgIpc) is 3.03. The predicted molar refractivity (Wildman–Crippen MR) is 143 cm³/mol. The highest BCUT2D eigenvalue weighted by Crippen LogP contribution is 2.29. The van der Waals surface area contributed by atoms with E-state index >= 15 is 0 Å². The van der Waals surface area contributed by atoms with Gasteiger partial charge in [0.15, 0.2) is 0 Å². The van der Waals surface area contributed by atoms with Crippen molar-refractivity contribution < 1.29 is 27.6 Å². The molecule has 3 amide bonds. The normalized spacial score (nSPS) is 15.1. The van der Waals surface area contributed by atoms with Crippen molar-refractivity contribution in [3.05, 3.63) is 112 Å². The molecule has 2 aromatic carbocycles. The molecule has 4 aromatic rings. The lowest BCUT2D eigenvalue weighted by Gasteiger charge is -2.28. The van der Waals surface area contributed by atoms with Gasteiger partial charge in [-0.3, -0.25) is 24.7 Å². The third-order valence-electron chi connectivity index (χ3n) is 6.31. The van der Waals surface area contributed by atoms with Crippen LogP contribution in [0.1, 0.15) is 37.5 Å². The van der Waals surface area contributed by atoms with Crippen LogP contribution in [-0.2, 0) is 23.9 Å². The van der Waals surface area contributed by atoms with E-state index in [1.54, 1.807) is 48.7 Å². The molecule has 0 saturated carbocycles. The molecule has 2 aromatic heterocycles. The van der Waals surface area contributed by atoms with E-state index in [1.165, 1.54) is 23.1 Å². The van der Waals surface area contributed by atoms with E-state index in [0.29, 0.717) is 34.4 Å². The number of pyridine rings is 1. The first-order valence-electron chi connectivity index (χ1n) is 12.2. The van der Waals surface area contributed by atoms with Crippen molar-refractivity contribution in [1.29, 1.82) is 0 Å². The van der Waals surface area contributed by atoms with Gasteiger partial charge in [-0.05, 0) is 48.0 Å². The summed E-state index contributed by atoms with van der Waals surface area (Å²) in [6.45, 7) is 0.0374. The van der Waals surface area contributed by atoms with Gasteiger partial charge in [0.05, 0.1) is 16.8 Å². The smallest absolute Gasteiger partial charge is 0.323 e. The first kappa shape index (κ1) is 27.7. The van der Waals surface area contributed by atoms with Crippen LogP contribution in [0.2, 0.25) is 5.02 Å². The van der Waals surface area contributed by atoms with Gasteiger partial charge in [-0.25, -0.2) is 9.97 Å². The molecule has 1 unspecified atom stereocenters. The number of carbonyl (C=O) groups excluding carboxylic acids is 3. The van der Waals surface area contributed by atoms with Crippen LogP contribution < -0.4 is 10.6 Å². The van der Waals surface area contributed by atoms with Gasteiger partial charge in [-0.15, -0.1) is 0 Å². The molecule has 1 aliphatic heterocycles. The number of rotatable bonds is 6. The number of aromatic nitrogens is 3. The summed E-state index contributed by atoms with van der Waals surface area (Å²) in [6.07, 6.45) is -1.68. The van der Waals surface area contributed by atoms with Gasteiger partial charge in [-0.2, -0.15) is 13.2 Å². The second-order valence-electron chi connectivity index (χ2n) is 9.10. The van der Waals surface area contributed by atoms with E-state index in [0.717, 1.165) is 0 Å². The van der Waals surface area contributed by atoms with Crippen LogP contribution in [0.4, 0.5) is 24.8 Å². The minimum absolute atomic E-state index is 0.0374. The van der Waals surface area contributed by atoms with Crippen molar-refractivity contribution in [2.75, 3.05) is 10.6 Å². The van der Waals surface area contributed by atoms with Gasteiger partial charge in [0, 0.05) is 47.8 Å². The quantitative estimate of drug-likeness (QED) is 0.331. The standard InChI is InChI=1S/C28H20ClF3N6O3/c29-19-8-9-21-22(11-19)36-25(40)23(12-20-3-1-2-10-33-20)38(26(21)41)15-16-4-6-17(7-5-16)24(39)37-27-34-13-18(14-35-27)28(30,31)32/h1-11,13-14,23H,12,15H2,(H,36,40)(H,34,35,37,39). The van der Waals surface area contributed by atoms with Crippen molar-refractivity contribution >= 4 is 41.0 Å². The summed E-state index contributed by atoms with van der Waals surface area (Å²) >= 11 is 6.10. The van der Waals surface area contributed by atoms with Crippen molar-refractivity contribution in [3.63, 3.8) is 0 Å². The van der Waals surface area contributed by atoms with E-state index in [2.05, 4.69) is 25.6 Å². The molecule has 0 aliphatic carbocycles. The Morgan fingerprint density at radius 2 is 1.73 bits per heavy atom. The Labute approximate surface area is 236 Å². The van der Waals surface area contributed by atoms with Gasteiger partial charge >= 0.3 is 6.18 Å². The lowest BCUT2D eigenvalue weighted by molar-refractivity contribution is -0.138. The number of anilines is 2. The number of nitrogens with zero attached hydrogens (tertiary/aromatic N) is 4. The van der Waals surface area contributed by atoms with Crippen LogP contribution in [0, 0.1) is 0 Å². The summed E-state index contributed by atoms with van der Waals surface area (Å²) in [5, 5.41) is 5.51. The van der Waals surface area contributed by atoms with Crippen LogP contribution >= 0.6 is 11.6 Å². The Morgan fingerprint density at radius 1 is 1.00 bits per heavy atom. The highest BCUT2D eigenvalue weighted by molar-refractivity contribution is 6.31. The van der Waals surface area contributed by atoms with E-state index in [-0.39, 0.29) is 30.0 Å². The molecule has 3 heterocycles. The maximum Gasteiger partial charge on any atom is 0.419 e. The number of fused-ring (bicyclic) bond motifs is 1. The van der Waals surface area contributed by atoms with Crippen molar-refractivity contribution in [2.24, 2.45) is 0 Å². The predicted octanol–water partition coefficient (Wildman–Crippen LogP) is 5.00. The molecule has 2 N–H and O–H groups in total. The average molecular weight is 581 g/mol. The number of benzene rings is 2. The fraction of sp³-hybridized carbons (Fsp3) is 0.143. The third kappa shape index (κ3) is 6.33. The molecule has 1 aliphatic rings. The molecule has 0 saturated heterocycles. The van der Waals surface area contributed by atoms with Gasteiger partial charge in [0.25, 0.3) is 11.8 Å². The van der Waals surface area contributed by atoms with Crippen LogP contribution in [0.5, 0.6) is 0 Å². The first-order valence-corrected chi connectivity index (χ1v) is 12.6. The fourth-order valence-corrected chi connectivity index (χ4v) is 4.41. The van der Waals surface area contributed by atoms with Gasteiger partial charge in [0.1, 0.15) is 6.04 Å². The van der Waals surface area contributed by atoms with Crippen LogP contribution in [0.3, 0.4) is 0 Å². The van der Waals surface area contributed by atoms with E-state index < -0.39 is 35.5 Å². The van der Waals surface area contributed by atoms with E-state index in [1.807, 2.05) is 0 Å². The number of alkyl halides is 3. The van der Waals surface area contributed by atoms with Crippen LogP contribution in [0.15, 0.2) is 79.3 Å². The minimum atomic E-state index is -4.60. The highest BCUT2D eigenvalue weighted by atomic mass is 35.5. The molecule has 13 heteroatoms. The maximum absolute atomic E-state index is 13.7. The number of carbonyl (C=O) groups is 3. The largest absolute Gasteiger partial charge is 0.419 e. The fourth-order valence-electron chi connectivity index (χ4n) is 4.23. The zero-order chi connectivity index (χ0) is 29.1. The van der Waals surface area contributed by atoms with Crippen molar-refractivity contribution in [2.45, 2.75) is 25.2 Å². The molecule has 9 nitrogen and oxygen atoms in total. The lowest BCUT2D eigenvalue weighted by atomic mass is 10.0. The summed E-state index contributed by atoms with van der Waals surface area (Å²) in [4.78, 5) is 52.4. The monoisotopic (exact) mass is 580 g/mol. The zero-order valence-electron chi connectivity index (χ0n) is 21.0. The molecular formula is C28H20ClF3N6O3. The number of hydrogen-bond donors (Lipinski definition) is 2. The van der Waals surface area contributed by atoms with Crippen molar-refractivity contribution in [1.82, 2.24) is 19.9 Å². The van der Waals surface area contributed by atoms with Crippen molar-refractivity contribution in [3.8, 4) is 0 Å². The summed E-state index contributed by atoms with van der Waals surface area (Å²) < 4.78 is 38.2. The lowest BCUT2D eigenvalue weighted by Crippen LogP contribution is -2.46. The molecule has 0 spiro atoms. The SMILES string of the molecule is O=C(Nc1ncc(C(F)(F)F)cn1)c1ccc(CN2C(=O)c3ccc(Cl)cc3NC(=O)C2Cc2ccccn2)cc1. The topological polar surface area (TPSA) is 117 Å². The molecule has 0 radical (unpaired) electrons.